The first kappa shape index (κ1) is 22.1. The van der Waals surface area contributed by atoms with E-state index in [2.05, 4.69) is 48.5 Å². The maximum atomic E-state index is 6.76. The van der Waals surface area contributed by atoms with Gasteiger partial charge in [0.25, 0.3) is 0 Å². The van der Waals surface area contributed by atoms with E-state index in [1.54, 1.807) is 0 Å². The highest BCUT2D eigenvalue weighted by Crippen LogP contribution is 2.42. The standard InChI is InChI=1S/C21H43B/c1-8-14-21(22,18-13-16-20(6,7)10-3)17-12-11-15-19(4,5)9-2/h8-18H2,1-7H3. The molecule has 0 rings (SSSR count). The quantitative estimate of drug-likeness (QED) is 0.241. The molecular weight excluding hydrogens is 263 g/mol. The SMILES string of the molecule is [B]C(CCC)(CCCCC(C)(C)CC)CCCC(C)(C)CC. The predicted octanol–water partition coefficient (Wildman–Crippen LogP) is 7.72. The summed E-state index contributed by atoms with van der Waals surface area (Å²) in [5.41, 5.74) is 0.992. The molecule has 2 radical (unpaired) electrons. The summed E-state index contributed by atoms with van der Waals surface area (Å²) in [5, 5.41) is 0.0922. The molecule has 22 heavy (non-hydrogen) atoms. The molecule has 0 fully saturated rings. The van der Waals surface area contributed by atoms with Crippen LogP contribution in [0.1, 0.15) is 119 Å². The van der Waals surface area contributed by atoms with Gasteiger partial charge in [-0.25, -0.2) is 0 Å². The zero-order valence-electron chi connectivity index (χ0n) is 16.9. The Balaban J connectivity index is 4.21. The van der Waals surface area contributed by atoms with Gasteiger partial charge in [0.05, 0.1) is 7.85 Å². The van der Waals surface area contributed by atoms with E-state index in [1.165, 1.54) is 70.6 Å². The van der Waals surface area contributed by atoms with Gasteiger partial charge in [-0.15, -0.1) is 0 Å². The normalized spacial score (nSPS) is 15.8. The lowest BCUT2D eigenvalue weighted by Gasteiger charge is -2.32. The summed E-state index contributed by atoms with van der Waals surface area (Å²) in [4.78, 5) is 0. The summed E-state index contributed by atoms with van der Waals surface area (Å²) >= 11 is 0. The molecule has 1 atom stereocenters. The molecule has 0 aliphatic rings. The van der Waals surface area contributed by atoms with Crippen molar-refractivity contribution < 1.29 is 0 Å². The second kappa shape index (κ2) is 10.0. The second-order valence-corrected chi connectivity index (χ2v) is 9.21. The van der Waals surface area contributed by atoms with Gasteiger partial charge < -0.3 is 0 Å². The van der Waals surface area contributed by atoms with Gasteiger partial charge in [-0.2, -0.15) is 0 Å². The molecule has 0 aromatic heterocycles. The maximum Gasteiger partial charge on any atom is 0.0746 e. The van der Waals surface area contributed by atoms with Gasteiger partial charge in [-0.1, -0.05) is 112 Å². The van der Waals surface area contributed by atoms with E-state index in [-0.39, 0.29) is 5.31 Å². The van der Waals surface area contributed by atoms with E-state index in [0.29, 0.717) is 10.8 Å². The van der Waals surface area contributed by atoms with E-state index < -0.39 is 0 Å². The fourth-order valence-corrected chi connectivity index (χ4v) is 3.23. The molecule has 0 saturated carbocycles. The van der Waals surface area contributed by atoms with Crippen LogP contribution in [0.15, 0.2) is 0 Å². The van der Waals surface area contributed by atoms with Crippen molar-refractivity contribution in [1.82, 2.24) is 0 Å². The van der Waals surface area contributed by atoms with Crippen LogP contribution in [0.25, 0.3) is 0 Å². The monoisotopic (exact) mass is 306 g/mol. The van der Waals surface area contributed by atoms with Crippen molar-refractivity contribution in [3.63, 3.8) is 0 Å². The van der Waals surface area contributed by atoms with Crippen molar-refractivity contribution in [1.29, 1.82) is 0 Å². The van der Waals surface area contributed by atoms with Crippen LogP contribution >= 0.6 is 0 Å². The first-order valence-corrected chi connectivity index (χ1v) is 9.88. The Hall–Kier alpha value is 0.0649. The molecular formula is C21H43B. The highest BCUT2D eigenvalue weighted by molar-refractivity contribution is 6.15. The third kappa shape index (κ3) is 9.96. The van der Waals surface area contributed by atoms with Crippen molar-refractivity contribution in [2.24, 2.45) is 10.8 Å². The Bertz CT molecular complexity index is 280. The van der Waals surface area contributed by atoms with Crippen LogP contribution in [-0.2, 0) is 0 Å². The van der Waals surface area contributed by atoms with Crippen LogP contribution in [0.5, 0.6) is 0 Å². The minimum Gasteiger partial charge on any atom is -0.0661 e. The number of hydrogen-bond acceptors (Lipinski definition) is 0. The molecule has 0 N–H and O–H groups in total. The third-order valence-electron chi connectivity index (χ3n) is 5.97. The van der Waals surface area contributed by atoms with Crippen LogP contribution in [0.3, 0.4) is 0 Å². The molecule has 0 amide bonds. The van der Waals surface area contributed by atoms with Gasteiger partial charge in [0.15, 0.2) is 0 Å². The van der Waals surface area contributed by atoms with Crippen molar-refractivity contribution in [2.75, 3.05) is 0 Å². The number of rotatable bonds is 13. The highest BCUT2D eigenvalue weighted by Gasteiger charge is 2.24. The van der Waals surface area contributed by atoms with E-state index in [4.69, 9.17) is 7.85 Å². The van der Waals surface area contributed by atoms with Crippen molar-refractivity contribution in [2.45, 2.75) is 124 Å². The number of hydrogen-bond donors (Lipinski definition) is 0. The van der Waals surface area contributed by atoms with Crippen LogP contribution < -0.4 is 0 Å². The van der Waals surface area contributed by atoms with Gasteiger partial charge in [0.2, 0.25) is 0 Å². The molecule has 0 aromatic carbocycles. The lowest BCUT2D eigenvalue weighted by molar-refractivity contribution is 0.282. The van der Waals surface area contributed by atoms with Crippen LogP contribution in [-0.4, -0.2) is 7.85 Å². The van der Waals surface area contributed by atoms with Crippen LogP contribution in [0.4, 0.5) is 0 Å². The lowest BCUT2D eigenvalue weighted by Crippen LogP contribution is -2.16. The molecule has 0 heterocycles. The van der Waals surface area contributed by atoms with Gasteiger partial charge in [-0.3, -0.25) is 0 Å². The summed E-state index contributed by atoms with van der Waals surface area (Å²) in [6, 6.07) is 0. The molecule has 0 bridgehead atoms. The fraction of sp³-hybridized carbons (Fsp3) is 1.00. The van der Waals surface area contributed by atoms with E-state index in [1.807, 2.05) is 0 Å². The second-order valence-electron chi connectivity index (χ2n) is 9.21. The molecule has 0 aliphatic carbocycles. The predicted molar refractivity (Wildman–Crippen MR) is 104 cm³/mol. The van der Waals surface area contributed by atoms with E-state index in [0.717, 1.165) is 0 Å². The smallest absolute Gasteiger partial charge is 0.0661 e. The van der Waals surface area contributed by atoms with Gasteiger partial charge in [-0.05, 0) is 23.7 Å². The third-order valence-corrected chi connectivity index (χ3v) is 5.97. The summed E-state index contributed by atoms with van der Waals surface area (Å²) in [5.74, 6) is 0. The summed E-state index contributed by atoms with van der Waals surface area (Å²) in [6.45, 7) is 16.4. The number of unbranched alkanes of at least 4 members (excludes halogenated alkanes) is 1. The zero-order valence-corrected chi connectivity index (χ0v) is 16.9. The van der Waals surface area contributed by atoms with E-state index >= 15 is 0 Å². The summed E-state index contributed by atoms with van der Waals surface area (Å²) < 4.78 is 0. The average molecular weight is 306 g/mol. The fourth-order valence-electron chi connectivity index (χ4n) is 3.23. The summed E-state index contributed by atoms with van der Waals surface area (Å²) in [6.07, 6.45) is 14.0. The topological polar surface area (TPSA) is 0 Å². The molecule has 130 valence electrons. The minimum absolute atomic E-state index is 0.0922. The van der Waals surface area contributed by atoms with Gasteiger partial charge in [0.1, 0.15) is 0 Å². The summed E-state index contributed by atoms with van der Waals surface area (Å²) in [7, 11) is 6.76. The molecule has 1 unspecified atom stereocenters. The molecule has 0 saturated heterocycles. The Morgan fingerprint density at radius 3 is 1.45 bits per heavy atom. The molecule has 1 heteroatoms. The largest absolute Gasteiger partial charge is 0.0746 e. The van der Waals surface area contributed by atoms with Crippen LogP contribution in [0, 0.1) is 10.8 Å². The van der Waals surface area contributed by atoms with Gasteiger partial charge >= 0.3 is 0 Å². The maximum absolute atomic E-state index is 6.76. The molecule has 0 aromatic rings. The lowest BCUT2D eigenvalue weighted by atomic mass is 9.60. The molecule has 0 nitrogen and oxygen atoms in total. The van der Waals surface area contributed by atoms with E-state index in [9.17, 15) is 0 Å². The molecule has 0 spiro atoms. The zero-order chi connectivity index (χ0) is 17.3. The van der Waals surface area contributed by atoms with Crippen molar-refractivity contribution >= 4 is 7.85 Å². The Morgan fingerprint density at radius 2 is 1.00 bits per heavy atom. The van der Waals surface area contributed by atoms with Crippen molar-refractivity contribution in [3.8, 4) is 0 Å². The Morgan fingerprint density at radius 1 is 0.591 bits per heavy atom. The highest BCUT2D eigenvalue weighted by atomic mass is 14.3. The molecule has 0 aliphatic heterocycles. The Labute approximate surface area is 143 Å². The Kier molecular flexibility index (Phi) is 10.1. The minimum atomic E-state index is 0.0922. The average Bonchev–Trinajstić information content (AvgIpc) is 2.44. The van der Waals surface area contributed by atoms with Gasteiger partial charge in [0, 0.05) is 0 Å². The van der Waals surface area contributed by atoms with Crippen molar-refractivity contribution in [3.05, 3.63) is 0 Å². The first-order chi connectivity index (χ1) is 10.1. The first-order valence-electron chi connectivity index (χ1n) is 9.88. The van der Waals surface area contributed by atoms with Crippen LogP contribution in [0.2, 0.25) is 5.31 Å².